The minimum Gasteiger partial charge on any atom is -0.384 e. The Labute approximate surface area is 138 Å². The molecule has 2 aromatic heterocycles. The summed E-state index contributed by atoms with van der Waals surface area (Å²) >= 11 is 0. The Balaban J connectivity index is 1.92. The summed E-state index contributed by atoms with van der Waals surface area (Å²) in [7, 11) is 1.61. The second-order valence-corrected chi connectivity index (χ2v) is 5.57. The molecule has 3 aromatic rings. The molecule has 24 heavy (non-hydrogen) atoms. The molecule has 0 saturated heterocycles. The summed E-state index contributed by atoms with van der Waals surface area (Å²) in [6.07, 6.45) is 2.07. The van der Waals surface area contributed by atoms with Gasteiger partial charge in [0.25, 0.3) is 0 Å². The molecule has 126 valence electrons. The number of nitrogens with zero attached hydrogens (tertiary/aromatic N) is 5. The lowest BCUT2D eigenvalue weighted by Gasteiger charge is -2.12. The lowest BCUT2D eigenvalue weighted by Crippen LogP contribution is -2.24. The number of rotatable bonds is 6. The van der Waals surface area contributed by atoms with Gasteiger partial charge in [-0.25, -0.2) is 14.2 Å². The van der Waals surface area contributed by atoms with Crippen LogP contribution in [0.15, 0.2) is 33.8 Å². The van der Waals surface area contributed by atoms with Gasteiger partial charge in [-0.2, -0.15) is 9.97 Å². The Hall–Kier alpha value is -2.74. The standard InChI is InChI=1S/C16H19N5O3/c1-11-4-5-12(2)13(8-11)21-10-17-16(22)20(21)9-15-18-14(19-24-15)6-7-23-3/h4-5,8,10H,6-7,9H2,1-3H3. The van der Waals surface area contributed by atoms with Crippen molar-refractivity contribution in [2.45, 2.75) is 26.8 Å². The first-order chi connectivity index (χ1) is 11.6. The number of aryl methyl sites for hydroxylation is 2. The monoisotopic (exact) mass is 329 g/mol. The van der Waals surface area contributed by atoms with E-state index in [9.17, 15) is 4.79 Å². The van der Waals surface area contributed by atoms with Crippen LogP contribution in [0.3, 0.4) is 0 Å². The van der Waals surface area contributed by atoms with Crippen LogP contribution in [0.4, 0.5) is 0 Å². The van der Waals surface area contributed by atoms with Crippen molar-refractivity contribution in [3.8, 4) is 5.69 Å². The van der Waals surface area contributed by atoms with Crippen molar-refractivity contribution in [3.05, 3.63) is 57.9 Å². The number of aromatic nitrogens is 5. The van der Waals surface area contributed by atoms with Crippen LogP contribution in [0, 0.1) is 13.8 Å². The molecule has 0 aliphatic rings. The van der Waals surface area contributed by atoms with E-state index in [1.165, 1.54) is 11.0 Å². The van der Waals surface area contributed by atoms with E-state index in [1.54, 1.807) is 11.8 Å². The van der Waals surface area contributed by atoms with Gasteiger partial charge in [0.2, 0.25) is 5.89 Å². The van der Waals surface area contributed by atoms with Crippen molar-refractivity contribution in [2.24, 2.45) is 0 Å². The highest BCUT2D eigenvalue weighted by Gasteiger charge is 2.14. The summed E-state index contributed by atoms with van der Waals surface area (Å²) in [6.45, 7) is 4.66. The van der Waals surface area contributed by atoms with Gasteiger partial charge >= 0.3 is 5.69 Å². The maximum absolute atomic E-state index is 12.1. The van der Waals surface area contributed by atoms with Gasteiger partial charge in [0.1, 0.15) is 12.9 Å². The third-order valence-electron chi connectivity index (χ3n) is 3.69. The van der Waals surface area contributed by atoms with Crippen LogP contribution < -0.4 is 5.69 Å². The van der Waals surface area contributed by atoms with E-state index < -0.39 is 0 Å². The predicted octanol–water partition coefficient (Wildman–Crippen LogP) is 1.27. The summed E-state index contributed by atoms with van der Waals surface area (Å²) in [6, 6.07) is 6.04. The molecule has 0 spiro atoms. The molecule has 8 heteroatoms. The number of methoxy groups -OCH3 is 1. The van der Waals surface area contributed by atoms with Gasteiger partial charge in [0.05, 0.1) is 12.3 Å². The van der Waals surface area contributed by atoms with E-state index in [4.69, 9.17) is 9.26 Å². The van der Waals surface area contributed by atoms with Crippen LogP contribution in [0.5, 0.6) is 0 Å². The third-order valence-corrected chi connectivity index (χ3v) is 3.69. The van der Waals surface area contributed by atoms with Crippen molar-refractivity contribution in [1.29, 1.82) is 0 Å². The van der Waals surface area contributed by atoms with E-state index >= 15 is 0 Å². The van der Waals surface area contributed by atoms with E-state index in [2.05, 4.69) is 15.1 Å². The fourth-order valence-electron chi connectivity index (χ4n) is 2.40. The first kappa shape index (κ1) is 16.1. The van der Waals surface area contributed by atoms with Gasteiger partial charge in [-0.1, -0.05) is 17.3 Å². The van der Waals surface area contributed by atoms with E-state index in [0.29, 0.717) is 24.7 Å². The summed E-state index contributed by atoms with van der Waals surface area (Å²) < 4.78 is 13.4. The van der Waals surface area contributed by atoms with Gasteiger partial charge in [0.15, 0.2) is 5.82 Å². The van der Waals surface area contributed by atoms with E-state index in [0.717, 1.165) is 16.8 Å². The average Bonchev–Trinajstić information content (AvgIpc) is 3.16. The number of benzene rings is 1. The molecule has 3 rings (SSSR count). The summed E-state index contributed by atoms with van der Waals surface area (Å²) in [5, 5.41) is 3.89. The fourth-order valence-corrected chi connectivity index (χ4v) is 2.40. The van der Waals surface area contributed by atoms with E-state index in [1.807, 2.05) is 32.0 Å². The van der Waals surface area contributed by atoms with Gasteiger partial charge < -0.3 is 9.26 Å². The molecule has 0 atom stereocenters. The van der Waals surface area contributed by atoms with Crippen LogP contribution in [0.25, 0.3) is 5.69 Å². The molecular formula is C16H19N5O3. The van der Waals surface area contributed by atoms with Crippen LogP contribution >= 0.6 is 0 Å². The molecule has 0 bridgehead atoms. The Bertz CT molecular complexity index is 893. The minimum atomic E-state index is -0.368. The van der Waals surface area contributed by atoms with Crippen molar-refractivity contribution >= 4 is 0 Å². The van der Waals surface area contributed by atoms with Crippen molar-refractivity contribution in [2.75, 3.05) is 13.7 Å². The topological polar surface area (TPSA) is 88.0 Å². The second-order valence-electron chi connectivity index (χ2n) is 5.57. The van der Waals surface area contributed by atoms with Gasteiger partial charge in [0, 0.05) is 13.5 Å². The molecule has 2 heterocycles. The van der Waals surface area contributed by atoms with Gasteiger partial charge in [-0.15, -0.1) is 0 Å². The summed E-state index contributed by atoms with van der Waals surface area (Å²) in [4.78, 5) is 20.3. The SMILES string of the molecule is COCCc1noc(Cn2c(=O)ncn2-c2cc(C)ccc2C)n1. The minimum absolute atomic E-state index is 0.159. The highest BCUT2D eigenvalue weighted by molar-refractivity contribution is 5.42. The van der Waals surface area contributed by atoms with Crippen LogP contribution in [0.1, 0.15) is 22.8 Å². The smallest absolute Gasteiger partial charge is 0.364 e. The molecule has 0 amide bonds. The van der Waals surface area contributed by atoms with E-state index in [-0.39, 0.29) is 12.2 Å². The summed E-state index contributed by atoms with van der Waals surface area (Å²) in [5.41, 5.74) is 2.66. The Kier molecular flexibility index (Phi) is 4.57. The molecule has 0 unspecified atom stereocenters. The molecular weight excluding hydrogens is 310 g/mol. The van der Waals surface area contributed by atoms with Gasteiger partial charge in [-0.05, 0) is 31.0 Å². The lowest BCUT2D eigenvalue weighted by molar-refractivity contribution is 0.199. The lowest BCUT2D eigenvalue weighted by atomic mass is 10.1. The van der Waals surface area contributed by atoms with Crippen LogP contribution in [-0.2, 0) is 17.7 Å². The van der Waals surface area contributed by atoms with Crippen molar-refractivity contribution < 1.29 is 9.26 Å². The van der Waals surface area contributed by atoms with Crippen LogP contribution in [0.2, 0.25) is 0 Å². The normalized spacial score (nSPS) is 11.1. The zero-order valence-corrected chi connectivity index (χ0v) is 13.9. The number of hydrogen-bond acceptors (Lipinski definition) is 6. The zero-order chi connectivity index (χ0) is 17.1. The highest BCUT2D eigenvalue weighted by atomic mass is 16.5. The molecule has 0 fully saturated rings. The zero-order valence-electron chi connectivity index (χ0n) is 13.9. The Morgan fingerprint density at radius 3 is 2.92 bits per heavy atom. The largest absolute Gasteiger partial charge is 0.384 e. The molecule has 0 aliphatic heterocycles. The fraction of sp³-hybridized carbons (Fsp3) is 0.375. The maximum atomic E-state index is 12.1. The maximum Gasteiger partial charge on any atom is 0.364 e. The Morgan fingerprint density at radius 2 is 2.12 bits per heavy atom. The molecule has 0 aliphatic carbocycles. The molecule has 8 nitrogen and oxygen atoms in total. The quantitative estimate of drug-likeness (QED) is 0.677. The first-order valence-electron chi connectivity index (χ1n) is 7.61. The van der Waals surface area contributed by atoms with Crippen LogP contribution in [-0.4, -0.2) is 38.2 Å². The highest BCUT2D eigenvalue weighted by Crippen LogP contribution is 2.15. The predicted molar refractivity (Wildman–Crippen MR) is 86.3 cm³/mol. The average molecular weight is 329 g/mol. The Morgan fingerprint density at radius 1 is 1.29 bits per heavy atom. The molecule has 0 saturated carbocycles. The number of ether oxygens (including phenoxy) is 1. The third kappa shape index (κ3) is 3.28. The van der Waals surface area contributed by atoms with Gasteiger partial charge in [-0.3, -0.25) is 0 Å². The molecule has 0 radical (unpaired) electrons. The number of hydrogen-bond donors (Lipinski definition) is 0. The molecule has 0 N–H and O–H groups in total. The van der Waals surface area contributed by atoms with Crippen molar-refractivity contribution in [1.82, 2.24) is 24.5 Å². The van der Waals surface area contributed by atoms with Crippen molar-refractivity contribution in [3.63, 3.8) is 0 Å². The second kappa shape index (κ2) is 6.79. The molecule has 1 aromatic carbocycles. The first-order valence-corrected chi connectivity index (χ1v) is 7.61. The summed E-state index contributed by atoms with van der Waals surface area (Å²) in [5.74, 6) is 0.910.